The molecule has 0 fully saturated rings. The van der Waals surface area contributed by atoms with Crippen molar-refractivity contribution in [1.82, 2.24) is 10.6 Å². The second-order valence-electron chi connectivity index (χ2n) is 5.13. The molecule has 1 aromatic rings. The summed E-state index contributed by atoms with van der Waals surface area (Å²) in [6.07, 6.45) is -0.925. The van der Waals surface area contributed by atoms with Crippen molar-refractivity contribution in [2.75, 3.05) is 6.54 Å². The summed E-state index contributed by atoms with van der Waals surface area (Å²) in [7, 11) is 0. The van der Waals surface area contributed by atoms with E-state index in [0.29, 0.717) is 0 Å². The van der Waals surface area contributed by atoms with E-state index in [-0.39, 0.29) is 6.42 Å². The summed E-state index contributed by atoms with van der Waals surface area (Å²) in [6.45, 7) is 0.933. The van der Waals surface area contributed by atoms with Gasteiger partial charge in [-0.1, -0.05) is 30.3 Å². The molecule has 0 saturated heterocycles. The van der Waals surface area contributed by atoms with Crippen LogP contribution in [0.3, 0.4) is 0 Å². The number of aliphatic hydroxyl groups excluding tert-OH is 1. The van der Waals surface area contributed by atoms with E-state index in [1.165, 1.54) is 6.92 Å². The molecule has 126 valence electrons. The monoisotopic (exact) mass is 323 g/mol. The van der Waals surface area contributed by atoms with Crippen molar-refractivity contribution in [3.05, 3.63) is 35.9 Å². The molecule has 0 bridgehead atoms. The molecule has 8 nitrogen and oxygen atoms in total. The fourth-order valence-corrected chi connectivity index (χ4v) is 1.80. The number of nitrogens with two attached hydrogens (primary N) is 1. The molecule has 0 spiro atoms. The van der Waals surface area contributed by atoms with Gasteiger partial charge in [-0.3, -0.25) is 9.59 Å². The van der Waals surface area contributed by atoms with Crippen LogP contribution in [0.25, 0.3) is 0 Å². The molecule has 0 aliphatic rings. The Bertz CT molecular complexity index is 547. The van der Waals surface area contributed by atoms with Crippen LogP contribution in [0.5, 0.6) is 0 Å². The zero-order valence-corrected chi connectivity index (χ0v) is 12.7. The van der Waals surface area contributed by atoms with E-state index < -0.39 is 42.5 Å². The summed E-state index contributed by atoms with van der Waals surface area (Å²) >= 11 is 0. The molecule has 6 N–H and O–H groups in total. The van der Waals surface area contributed by atoms with Crippen molar-refractivity contribution in [1.29, 1.82) is 0 Å². The van der Waals surface area contributed by atoms with Gasteiger partial charge in [0.05, 0.1) is 12.6 Å². The van der Waals surface area contributed by atoms with Gasteiger partial charge in [-0.05, 0) is 12.5 Å². The van der Waals surface area contributed by atoms with Crippen LogP contribution in [-0.4, -0.2) is 52.7 Å². The molecule has 0 unspecified atom stereocenters. The van der Waals surface area contributed by atoms with Crippen LogP contribution < -0.4 is 16.4 Å². The summed E-state index contributed by atoms with van der Waals surface area (Å²) in [6, 6.07) is 6.60. The summed E-state index contributed by atoms with van der Waals surface area (Å²) in [5, 5.41) is 22.9. The lowest BCUT2D eigenvalue weighted by Crippen LogP contribution is -2.51. The number of aliphatic carboxylic acids is 1. The molecule has 0 radical (unpaired) electrons. The van der Waals surface area contributed by atoms with Crippen molar-refractivity contribution in [3.63, 3.8) is 0 Å². The Hall–Kier alpha value is -2.45. The molecule has 8 heteroatoms. The van der Waals surface area contributed by atoms with Gasteiger partial charge in [-0.15, -0.1) is 0 Å². The van der Waals surface area contributed by atoms with E-state index in [9.17, 15) is 19.5 Å². The zero-order chi connectivity index (χ0) is 17.4. The molecule has 0 aromatic heterocycles. The van der Waals surface area contributed by atoms with Gasteiger partial charge in [0, 0.05) is 6.42 Å². The van der Waals surface area contributed by atoms with Gasteiger partial charge in [0.2, 0.25) is 11.8 Å². The van der Waals surface area contributed by atoms with E-state index in [4.69, 9.17) is 10.8 Å². The Morgan fingerprint density at radius 3 is 2.35 bits per heavy atom. The number of carbonyl (C=O) groups is 3. The molecule has 23 heavy (non-hydrogen) atoms. The molecule has 0 aliphatic heterocycles. The first-order valence-corrected chi connectivity index (χ1v) is 7.08. The number of carbonyl (C=O) groups excluding carboxylic acids is 2. The third kappa shape index (κ3) is 6.45. The maximum Gasteiger partial charge on any atom is 0.326 e. The largest absolute Gasteiger partial charge is 0.480 e. The topological polar surface area (TPSA) is 142 Å². The number of hydrogen-bond acceptors (Lipinski definition) is 5. The normalized spacial score (nSPS) is 14.4. The molecular weight excluding hydrogens is 302 g/mol. The average Bonchev–Trinajstić information content (AvgIpc) is 2.52. The highest BCUT2D eigenvalue weighted by atomic mass is 16.4. The van der Waals surface area contributed by atoms with Crippen LogP contribution in [0.1, 0.15) is 12.5 Å². The third-order valence-corrected chi connectivity index (χ3v) is 3.16. The zero-order valence-electron chi connectivity index (χ0n) is 12.7. The van der Waals surface area contributed by atoms with Gasteiger partial charge >= 0.3 is 5.97 Å². The number of nitrogens with one attached hydrogen (secondary N) is 2. The molecule has 1 rings (SSSR count). The first-order valence-electron chi connectivity index (χ1n) is 7.08. The summed E-state index contributed by atoms with van der Waals surface area (Å²) in [5.74, 6) is -2.52. The van der Waals surface area contributed by atoms with Gasteiger partial charge in [-0.25, -0.2) is 4.79 Å². The number of benzene rings is 1. The van der Waals surface area contributed by atoms with Crippen molar-refractivity contribution >= 4 is 17.8 Å². The fourth-order valence-electron chi connectivity index (χ4n) is 1.80. The van der Waals surface area contributed by atoms with Gasteiger partial charge in [0.25, 0.3) is 0 Å². The lowest BCUT2D eigenvalue weighted by Gasteiger charge is -2.17. The summed E-state index contributed by atoms with van der Waals surface area (Å²) in [4.78, 5) is 34.5. The van der Waals surface area contributed by atoms with Crippen molar-refractivity contribution in [2.24, 2.45) is 5.73 Å². The first kappa shape index (κ1) is 18.6. The molecule has 0 heterocycles. The Kier molecular flexibility index (Phi) is 7.17. The van der Waals surface area contributed by atoms with Crippen LogP contribution >= 0.6 is 0 Å². The van der Waals surface area contributed by atoms with Gasteiger partial charge in [0.1, 0.15) is 12.1 Å². The SMILES string of the molecule is C[C@@H](O)[C@H](N)C(=O)NCC(=O)N[C@@H](Cc1ccccc1)C(=O)O. The van der Waals surface area contributed by atoms with Crippen LogP contribution in [0.2, 0.25) is 0 Å². The Morgan fingerprint density at radius 1 is 1.22 bits per heavy atom. The van der Waals surface area contributed by atoms with Crippen molar-refractivity contribution in [3.8, 4) is 0 Å². The Balaban J connectivity index is 2.52. The summed E-state index contributed by atoms with van der Waals surface area (Å²) < 4.78 is 0. The van der Waals surface area contributed by atoms with E-state index in [0.717, 1.165) is 5.56 Å². The lowest BCUT2D eigenvalue weighted by atomic mass is 10.1. The first-order chi connectivity index (χ1) is 10.8. The molecule has 2 amide bonds. The second kappa shape index (κ2) is 8.86. The van der Waals surface area contributed by atoms with Gasteiger partial charge < -0.3 is 26.6 Å². The number of hydrogen-bond donors (Lipinski definition) is 5. The smallest absolute Gasteiger partial charge is 0.326 e. The van der Waals surface area contributed by atoms with Crippen LogP contribution in [-0.2, 0) is 20.8 Å². The van der Waals surface area contributed by atoms with Gasteiger partial charge in [0.15, 0.2) is 0 Å². The number of rotatable bonds is 8. The Morgan fingerprint density at radius 2 is 1.83 bits per heavy atom. The van der Waals surface area contributed by atoms with Crippen LogP contribution in [0.15, 0.2) is 30.3 Å². The van der Waals surface area contributed by atoms with Crippen LogP contribution in [0, 0.1) is 0 Å². The van der Waals surface area contributed by atoms with Crippen molar-refractivity contribution in [2.45, 2.75) is 31.5 Å². The minimum Gasteiger partial charge on any atom is -0.480 e. The second-order valence-corrected chi connectivity index (χ2v) is 5.13. The van der Waals surface area contributed by atoms with E-state index in [2.05, 4.69) is 10.6 Å². The maximum absolute atomic E-state index is 11.8. The third-order valence-electron chi connectivity index (χ3n) is 3.16. The Labute approximate surface area is 133 Å². The molecular formula is C15H21N3O5. The van der Waals surface area contributed by atoms with Gasteiger partial charge in [-0.2, -0.15) is 0 Å². The lowest BCUT2D eigenvalue weighted by molar-refractivity contribution is -0.141. The number of amides is 2. The highest BCUT2D eigenvalue weighted by Crippen LogP contribution is 2.03. The molecule has 1 aromatic carbocycles. The highest BCUT2D eigenvalue weighted by molar-refractivity contribution is 5.89. The summed E-state index contributed by atoms with van der Waals surface area (Å²) in [5.41, 5.74) is 6.17. The van der Waals surface area contributed by atoms with Crippen molar-refractivity contribution < 1.29 is 24.6 Å². The molecule has 0 saturated carbocycles. The van der Waals surface area contributed by atoms with E-state index >= 15 is 0 Å². The quantitative estimate of drug-likeness (QED) is 0.399. The minimum absolute atomic E-state index is 0.128. The van der Waals surface area contributed by atoms with Crippen LogP contribution in [0.4, 0.5) is 0 Å². The fraction of sp³-hybridized carbons (Fsp3) is 0.400. The predicted molar refractivity (Wildman–Crippen MR) is 82.4 cm³/mol. The molecule has 0 aliphatic carbocycles. The number of carboxylic acid groups (broad SMARTS) is 1. The highest BCUT2D eigenvalue weighted by Gasteiger charge is 2.22. The number of carboxylic acids is 1. The van der Waals surface area contributed by atoms with E-state index in [1.807, 2.05) is 0 Å². The minimum atomic E-state index is -1.17. The standard InChI is InChI=1S/C15H21N3O5/c1-9(19)13(16)14(21)17-8-12(20)18-11(15(22)23)7-10-5-3-2-4-6-10/h2-6,9,11,13,19H,7-8,16H2,1H3,(H,17,21)(H,18,20)(H,22,23)/t9-,11+,13+/m1/s1. The predicted octanol–water partition coefficient (Wildman–Crippen LogP) is -1.38. The maximum atomic E-state index is 11.8. The van der Waals surface area contributed by atoms with E-state index in [1.54, 1.807) is 30.3 Å². The molecule has 3 atom stereocenters. The average molecular weight is 323 g/mol. The number of aliphatic hydroxyl groups is 1.